The lowest BCUT2D eigenvalue weighted by Gasteiger charge is -1.94. The van der Waals surface area contributed by atoms with E-state index in [-0.39, 0.29) is 5.82 Å². The van der Waals surface area contributed by atoms with Gasteiger partial charge in [-0.05, 0) is 41.5 Å². The van der Waals surface area contributed by atoms with Gasteiger partial charge in [-0.2, -0.15) is 0 Å². The van der Waals surface area contributed by atoms with E-state index >= 15 is 0 Å². The molecule has 0 aliphatic heterocycles. The topological polar surface area (TPSA) is 0 Å². The molecule has 98 valence electrons. The van der Waals surface area contributed by atoms with Crippen LogP contribution in [0, 0.1) is 5.82 Å². The van der Waals surface area contributed by atoms with Crippen molar-refractivity contribution in [1.29, 1.82) is 0 Å². The highest BCUT2D eigenvalue weighted by Crippen LogP contribution is 2.28. The van der Waals surface area contributed by atoms with Crippen LogP contribution < -0.4 is 0 Å². The quantitative estimate of drug-likeness (QED) is 0.575. The third-order valence-corrected chi connectivity index (χ3v) is 4.09. The van der Waals surface area contributed by atoms with Gasteiger partial charge in [0.25, 0.3) is 0 Å². The minimum Gasteiger partial charge on any atom is -0.207 e. The molecule has 0 atom stereocenters. The summed E-state index contributed by atoms with van der Waals surface area (Å²) in [4.78, 5) is 2.44. The van der Waals surface area contributed by atoms with Gasteiger partial charge in [0.2, 0.25) is 0 Å². The summed E-state index contributed by atoms with van der Waals surface area (Å²) in [5.74, 6) is -0.204. The summed E-state index contributed by atoms with van der Waals surface area (Å²) >= 11 is 1.75. The van der Waals surface area contributed by atoms with Crippen molar-refractivity contribution >= 4 is 23.5 Å². The highest BCUT2D eigenvalue weighted by molar-refractivity contribution is 7.16. The molecule has 0 fully saturated rings. The summed E-state index contributed by atoms with van der Waals surface area (Å²) in [6.45, 7) is 0. The molecule has 1 aromatic heterocycles. The molecule has 0 saturated carbocycles. The lowest BCUT2D eigenvalue weighted by molar-refractivity contribution is 0.628. The van der Waals surface area contributed by atoms with E-state index in [2.05, 4.69) is 30.3 Å². The van der Waals surface area contributed by atoms with Crippen molar-refractivity contribution in [2.24, 2.45) is 0 Å². The van der Waals surface area contributed by atoms with E-state index in [4.69, 9.17) is 0 Å². The van der Waals surface area contributed by atoms with E-state index < -0.39 is 0 Å². The highest BCUT2D eigenvalue weighted by Gasteiger charge is 2.00. The third-order valence-electron chi connectivity index (χ3n) is 3.00. The lowest BCUT2D eigenvalue weighted by Crippen LogP contribution is -1.73. The van der Waals surface area contributed by atoms with E-state index in [0.29, 0.717) is 0 Å². The predicted octanol–water partition coefficient (Wildman–Crippen LogP) is 5.72. The van der Waals surface area contributed by atoms with E-state index in [9.17, 15) is 4.39 Å². The largest absolute Gasteiger partial charge is 0.207 e. The van der Waals surface area contributed by atoms with Gasteiger partial charge in [-0.25, -0.2) is 4.39 Å². The van der Waals surface area contributed by atoms with Gasteiger partial charge in [0.05, 0.1) is 0 Å². The summed E-state index contributed by atoms with van der Waals surface area (Å²) in [6.07, 6.45) is 4.06. The van der Waals surface area contributed by atoms with Crippen LogP contribution in [0.15, 0.2) is 66.7 Å². The molecule has 2 heteroatoms. The van der Waals surface area contributed by atoms with E-state index in [0.717, 1.165) is 5.56 Å². The SMILES string of the molecule is Fc1ccc(/C=C/c2ccc(-c3ccccc3)s2)cc1. The van der Waals surface area contributed by atoms with E-state index in [1.165, 1.54) is 27.5 Å². The van der Waals surface area contributed by atoms with Gasteiger partial charge >= 0.3 is 0 Å². The molecular formula is C18H13FS. The molecule has 0 saturated heterocycles. The number of halogens is 1. The van der Waals surface area contributed by atoms with Crippen molar-refractivity contribution in [2.45, 2.75) is 0 Å². The number of hydrogen-bond donors (Lipinski definition) is 0. The zero-order valence-corrected chi connectivity index (χ0v) is 11.6. The second kappa shape index (κ2) is 5.85. The van der Waals surface area contributed by atoms with Crippen LogP contribution in [0.4, 0.5) is 4.39 Å². The van der Waals surface area contributed by atoms with Gasteiger partial charge in [-0.3, -0.25) is 0 Å². The normalized spacial score (nSPS) is 11.1. The molecule has 0 N–H and O–H groups in total. The summed E-state index contributed by atoms with van der Waals surface area (Å²) in [5.41, 5.74) is 2.24. The third kappa shape index (κ3) is 3.03. The van der Waals surface area contributed by atoms with Crippen LogP contribution in [0.25, 0.3) is 22.6 Å². The highest BCUT2D eigenvalue weighted by atomic mass is 32.1. The molecule has 2 aromatic carbocycles. The van der Waals surface area contributed by atoms with Gasteiger partial charge in [0, 0.05) is 9.75 Å². The smallest absolute Gasteiger partial charge is 0.123 e. The predicted molar refractivity (Wildman–Crippen MR) is 85.1 cm³/mol. The van der Waals surface area contributed by atoms with Crippen molar-refractivity contribution in [3.8, 4) is 10.4 Å². The molecule has 0 unspecified atom stereocenters. The molecule has 0 radical (unpaired) electrons. The van der Waals surface area contributed by atoms with Crippen LogP contribution in [0.1, 0.15) is 10.4 Å². The molecule has 0 aliphatic rings. The first-order valence-electron chi connectivity index (χ1n) is 6.40. The Morgan fingerprint density at radius 3 is 2.25 bits per heavy atom. The van der Waals surface area contributed by atoms with Crippen LogP contribution in [-0.4, -0.2) is 0 Å². The molecule has 0 aliphatic carbocycles. The Kier molecular flexibility index (Phi) is 3.75. The van der Waals surface area contributed by atoms with Crippen molar-refractivity contribution in [2.75, 3.05) is 0 Å². The summed E-state index contributed by atoms with van der Waals surface area (Å²) in [5, 5.41) is 0. The minimum atomic E-state index is -0.204. The standard InChI is InChI=1S/C18H13FS/c19-16-9-6-14(7-10-16)8-11-17-12-13-18(20-17)15-4-2-1-3-5-15/h1-13H/b11-8+. The molecule has 0 amide bonds. The van der Waals surface area contributed by atoms with Crippen LogP contribution in [0.2, 0.25) is 0 Å². The maximum Gasteiger partial charge on any atom is 0.123 e. The van der Waals surface area contributed by atoms with Crippen LogP contribution >= 0.6 is 11.3 Å². The number of benzene rings is 2. The average Bonchev–Trinajstić information content (AvgIpc) is 2.97. The molecule has 20 heavy (non-hydrogen) atoms. The first kappa shape index (κ1) is 12.8. The van der Waals surface area contributed by atoms with Gasteiger partial charge < -0.3 is 0 Å². The van der Waals surface area contributed by atoms with Crippen molar-refractivity contribution in [1.82, 2.24) is 0 Å². The fraction of sp³-hybridized carbons (Fsp3) is 0. The fourth-order valence-electron chi connectivity index (χ4n) is 1.95. The summed E-state index contributed by atoms with van der Waals surface area (Å²) in [7, 11) is 0. The zero-order valence-electron chi connectivity index (χ0n) is 10.8. The van der Waals surface area contributed by atoms with E-state index in [1.54, 1.807) is 23.5 Å². The Hall–Kier alpha value is -2.19. The molecule has 3 rings (SSSR count). The maximum absolute atomic E-state index is 12.8. The van der Waals surface area contributed by atoms with Gasteiger partial charge in [-0.1, -0.05) is 48.5 Å². The van der Waals surface area contributed by atoms with Gasteiger partial charge in [0.15, 0.2) is 0 Å². The number of thiophene rings is 1. The fourth-order valence-corrected chi connectivity index (χ4v) is 2.87. The lowest BCUT2D eigenvalue weighted by atomic mass is 10.2. The van der Waals surface area contributed by atoms with Crippen LogP contribution in [0.5, 0.6) is 0 Å². The van der Waals surface area contributed by atoms with Crippen LogP contribution in [-0.2, 0) is 0 Å². The average molecular weight is 280 g/mol. The number of rotatable bonds is 3. The Morgan fingerprint density at radius 2 is 1.50 bits per heavy atom. The second-order valence-corrected chi connectivity index (χ2v) is 5.57. The molecule has 0 spiro atoms. The van der Waals surface area contributed by atoms with Crippen LogP contribution in [0.3, 0.4) is 0 Å². The molecule has 0 bridgehead atoms. The summed E-state index contributed by atoms with van der Waals surface area (Å²) < 4.78 is 12.8. The molecular weight excluding hydrogens is 267 g/mol. The van der Waals surface area contributed by atoms with Gasteiger partial charge in [0.1, 0.15) is 5.82 Å². The monoisotopic (exact) mass is 280 g/mol. The first-order valence-corrected chi connectivity index (χ1v) is 7.22. The maximum atomic E-state index is 12.8. The Morgan fingerprint density at radius 1 is 0.750 bits per heavy atom. The Bertz CT molecular complexity index is 709. The number of hydrogen-bond acceptors (Lipinski definition) is 1. The minimum absolute atomic E-state index is 0.204. The molecule has 3 aromatic rings. The van der Waals surface area contributed by atoms with E-state index in [1.807, 2.05) is 24.3 Å². The zero-order chi connectivity index (χ0) is 13.8. The summed E-state index contributed by atoms with van der Waals surface area (Å²) in [6, 6.07) is 21.1. The van der Waals surface area contributed by atoms with Crippen molar-refractivity contribution in [3.05, 3.63) is 83.0 Å². The molecule has 0 nitrogen and oxygen atoms in total. The Balaban J connectivity index is 1.79. The Labute approximate surface area is 121 Å². The molecule has 1 heterocycles. The van der Waals surface area contributed by atoms with Gasteiger partial charge in [-0.15, -0.1) is 11.3 Å². The first-order chi connectivity index (χ1) is 9.81. The van der Waals surface area contributed by atoms with Crippen molar-refractivity contribution < 1.29 is 4.39 Å². The van der Waals surface area contributed by atoms with Crippen molar-refractivity contribution in [3.63, 3.8) is 0 Å². The second-order valence-electron chi connectivity index (χ2n) is 4.45.